The average molecular weight is 254 g/mol. The fraction of sp³-hybridized carbons (Fsp3) is 0. The average Bonchev–Trinajstić information content (AvgIpc) is 2.15. The van der Waals surface area contributed by atoms with Crippen LogP contribution in [0.25, 0.3) is 0 Å². The van der Waals surface area contributed by atoms with Crippen LogP contribution >= 0.6 is 0 Å². The second kappa shape index (κ2) is 3.18. The van der Waals surface area contributed by atoms with Crippen molar-refractivity contribution in [1.82, 2.24) is 4.98 Å². The fourth-order valence-electron chi connectivity index (χ4n) is 0.377. The van der Waals surface area contributed by atoms with Crippen LogP contribution in [0.5, 0.6) is 0 Å². The van der Waals surface area contributed by atoms with Gasteiger partial charge in [0, 0.05) is 0 Å². The summed E-state index contributed by atoms with van der Waals surface area (Å²) in [7, 11) is 0. The predicted octanol–water partition coefficient (Wildman–Crippen LogP) is -0.757. The Labute approximate surface area is 68.4 Å². The second-order valence-electron chi connectivity index (χ2n) is 1.27. The SMILES string of the molecule is [Se]=C([SeH])Nc1ncco1. The van der Waals surface area contributed by atoms with E-state index < -0.39 is 0 Å². The fourth-order valence-corrected chi connectivity index (χ4v) is 0.760. The van der Waals surface area contributed by atoms with Gasteiger partial charge < -0.3 is 0 Å². The normalized spacial score (nSPS) is 9.00. The van der Waals surface area contributed by atoms with E-state index in [1.165, 1.54) is 6.26 Å². The molecule has 0 spiro atoms. The number of oxazole rings is 1. The van der Waals surface area contributed by atoms with Crippen molar-refractivity contribution in [2.24, 2.45) is 0 Å². The van der Waals surface area contributed by atoms with Crippen LogP contribution in [-0.2, 0) is 0 Å². The van der Waals surface area contributed by atoms with Gasteiger partial charge in [-0.2, -0.15) is 0 Å². The molecule has 0 bridgehead atoms. The van der Waals surface area contributed by atoms with Crippen molar-refractivity contribution in [2.45, 2.75) is 0 Å². The standard InChI is InChI=1S/C4H4N2OSe2/c8-4(9)6-3-5-1-2-7-3/h1-2H,(H2,5,6,8,9). The first kappa shape index (κ1) is 7.03. The third-order valence-electron chi connectivity index (χ3n) is 0.646. The Kier molecular flexibility index (Phi) is 2.48. The summed E-state index contributed by atoms with van der Waals surface area (Å²) in [6, 6.07) is 0.504. The maximum atomic E-state index is 4.87. The molecule has 1 aromatic rings. The van der Waals surface area contributed by atoms with Crippen molar-refractivity contribution in [3.05, 3.63) is 12.5 Å². The topological polar surface area (TPSA) is 38.1 Å². The molecular formula is C4H4N2OSe2. The van der Waals surface area contributed by atoms with Gasteiger partial charge >= 0.3 is 68.2 Å². The molecule has 0 aliphatic heterocycles. The first-order valence-corrected chi connectivity index (χ1v) is 3.98. The summed E-state index contributed by atoms with van der Waals surface area (Å²) in [4.78, 5) is 3.83. The summed E-state index contributed by atoms with van der Waals surface area (Å²) in [5, 5.41) is 2.84. The molecular weight excluding hydrogens is 250 g/mol. The number of hydrogen-bond donors (Lipinski definition) is 1. The molecule has 1 heterocycles. The van der Waals surface area contributed by atoms with E-state index in [9.17, 15) is 0 Å². The molecule has 1 rings (SSSR count). The van der Waals surface area contributed by atoms with E-state index in [2.05, 4.69) is 41.9 Å². The van der Waals surface area contributed by atoms with Gasteiger partial charge in [-0.15, -0.1) is 0 Å². The molecule has 5 heteroatoms. The molecule has 0 fully saturated rings. The van der Waals surface area contributed by atoms with Crippen LogP contribution in [0.4, 0.5) is 6.01 Å². The van der Waals surface area contributed by atoms with E-state index in [0.717, 1.165) is 3.44 Å². The molecule has 0 radical (unpaired) electrons. The van der Waals surface area contributed by atoms with E-state index in [-0.39, 0.29) is 0 Å². The maximum absolute atomic E-state index is 4.87. The Hall–Kier alpha value is -0.0810. The minimum atomic E-state index is 0.504. The zero-order valence-corrected chi connectivity index (χ0v) is 7.96. The summed E-state index contributed by atoms with van der Waals surface area (Å²) in [5.41, 5.74) is 0. The number of aromatic nitrogens is 1. The Balaban J connectivity index is 2.58. The molecule has 3 nitrogen and oxygen atoms in total. The molecule has 0 aliphatic carbocycles. The number of hydrogen-bond acceptors (Lipinski definition) is 3. The summed E-state index contributed by atoms with van der Waals surface area (Å²) < 4.78 is 5.75. The van der Waals surface area contributed by atoms with Gasteiger partial charge in [0.1, 0.15) is 0 Å². The number of rotatable bonds is 2. The van der Waals surface area contributed by atoms with Crippen molar-refractivity contribution in [3.63, 3.8) is 0 Å². The summed E-state index contributed by atoms with van der Waals surface area (Å²) in [6.07, 6.45) is 3.09. The van der Waals surface area contributed by atoms with E-state index in [1.54, 1.807) is 6.20 Å². The first-order chi connectivity index (χ1) is 4.29. The van der Waals surface area contributed by atoms with Crippen molar-refractivity contribution in [2.75, 3.05) is 5.32 Å². The van der Waals surface area contributed by atoms with Crippen LogP contribution in [0, 0.1) is 0 Å². The Morgan fingerprint density at radius 2 is 2.67 bits per heavy atom. The van der Waals surface area contributed by atoms with Gasteiger partial charge in [0.2, 0.25) is 0 Å². The third-order valence-corrected chi connectivity index (χ3v) is 1.09. The molecule has 0 aliphatic rings. The Bertz CT molecular complexity index is 196. The number of anilines is 1. The van der Waals surface area contributed by atoms with Crippen molar-refractivity contribution in [3.8, 4) is 0 Å². The molecule has 9 heavy (non-hydrogen) atoms. The summed E-state index contributed by atoms with van der Waals surface area (Å²) >= 11 is 5.07. The van der Waals surface area contributed by atoms with E-state index in [0.29, 0.717) is 6.01 Å². The van der Waals surface area contributed by atoms with Crippen molar-refractivity contribution >= 4 is 41.0 Å². The van der Waals surface area contributed by atoms with Gasteiger partial charge in [-0.25, -0.2) is 0 Å². The van der Waals surface area contributed by atoms with Crippen LogP contribution in [0.1, 0.15) is 0 Å². The molecule has 0 saturated carbocycles. The van der Waals surface area contributed by atoms with E-state index in [1.807, 2.05) is 0 Å². The van der Waals surface area contributed by atoms with Crippen LogP contribution in [0.3, 0.4) is 0 Å². The van der Waals surface area contributed by atoms with Crippen LogP contribution in [0.15, 0.2) is 16.9 Å². The quantitative estimate of drug-likeness (QED) is 0.705. The third kappa shape index (κ3) is 2.33. The van der Waals surface area contributed by atoms with E-state index in [4.69, 9.17) is 4.42 Å². The van der Waals surface area contributed by atoms with Gasteiger partial charge in [-0.3, -0.25) is 0 Å². The Morgan fingerprint density at radius 1 is 1.89 bits per heavy atom. The molecule has 0 unspecified atom stereocenters. The molecule has 1 aromatic heterocycles. The van der Waals surface area contributed by atoms with Crippen molar-refractivity contribution < 1.29 is 4.42 Å². The van der Waals surface area contributed by atoms with Gasteiger partial charge in [0.05, 0.1) is 0 Å². The Morgan fingerprint density at radius 3 is 3.11 bits per heavy atom. The predicted molar refractivity (Wildman–Crippen MR) is 38.0 cm³/mol. The molecule has 0 atom stereocenters. The van der Waals surface area contributed by atoms with E-state index >= 15 is 0 Å². The summed E-state index contributed by atoms with van der Waals surface area (Å²) in [5.74, 6) is 0. The molecule has 1 N–H and O–H groups in total. The molecule has 0 amide bonds. The summed E-state index contributed by atoms with van der Waals surface area (Å²) in [6.45, 7) is 0. The van der Waals surface area contributed by atoms with Crippen molar-refractivity contribution in [1.29, 1.82) is 0 Å². The monoisotopic (exact) mass is 256 g/mol. The van der Waals surface area contributed by atoms with Gasteiger partial charge in [0.15, 0.2) is 0 Å². The van der Waals surface area contributed by atoms with Crippen LogP contribution < -0.4 is 5.32 Å². The number of nitrogens with zero attached hydrogens (tertiary/aromatic N) is 1. The molecule has 48 valence electrons. The van der Waals surface area contributed by atoms with Gasteiger partial charge in [-0.05, 0) is 0 Å². The zero-order valence-electron chi connectivity index (χ0n) is 4.37. The minimum absolute atomic E-state index is 0.504. The molecule has 0 aromatic carbocycles. The zero-order chi connectivity index (χ0) is 6.69. The second-order valence-corrected chi connectivity index (χ2v) is 4.54. The van der Waals surface area contributed by atoms with Crippen LogP contribution in [-0.4, -0.2) is 40.0 Å². The first-order valence-electron chi connectivity index (χ1n) is 2.18. The van der Waals surface area contributed by atoms with Gasteiger partial charge in [0.25, 0.3) is 0 Å². The van der Waals surface area contributed by atoms with Crippen LogP contribution in [0.2, 0.25) is 0 Å². The number of nitrogens with one attached hydrogen (secondary N) is 1. The molecule has 0 saturated heterocycles. The van der Waals surface area contributed by atoms with Gasteiger partial charge in [-0.1, -0.05) is 0 Å².